The van der Waals surface area contributed by atoms with Crippen LogP contribution in [0, 0.1) is 0 Å². The number of carbonyl (C=O) groups is 1. The van der Waals surface area contributed by atoms with E-state index < -0.39 is 176 Å². The minimum atomic E-state index is -8.93. The third kappa shape index (κ3) is 11.1. The molecule has 0 saturated heterocycles. The van der Waals surface area contributed by atoms with Crippen molar-refractivity contribution in [1.29, 1.82) is 0 Å². The number of halogens is 39. The van der Waals surface area contributed by atoms with E-state index in [4.69, 9.17) is 0 Å². The molecule has 1 heterocycles. The number of benzene rings is 1. The van der Waals surface area contributed by atoms with Crippen LogP contribution in [0.25, 0.3) is 0 Å². The number of nitrogens with zero attached hydrogens (tertiary/aromatic N) is 2. The second-order valence-corrected chi connectivity index (χ2v) is 21.1. The summed E-state index contributed by atoms with van der Waals surface area (Å²) in [5.74, 6) is -128. The van der Waals surface area contributed by atoms with Gasteiger partial charge < -0.3 is 4.74 Å². The van der Waals surface area contributed by atoms with E-state index >= 15 is 26.3 Å². The Kier molecular flexibility index (Phi) is 18.2. The van der Waals surface area contributed by atoms with Gasteiger partial charge in [-0.25, -0.2) is 14.3 Å². The van der Waals surface area contributed by atoms with Gasteiger partial charge in [-0.15, -0.1) is 0 Å². The summed E-state index contributed by atoms with van der Waals surface area (Å²) in [4.78, 5) is 15.4. The van der Waals surface area contributed by atoms with Gasteiger partial charge in [-0.2, -0.15) is 171 Å². The molecular formula is C35H21F39N2O2Si. The van der Waals surface area contributed by atoms with Crippen molar-refractivity contribution >= 4 is 19.4 Å². The molecule has 0 spiro atoms. The summed E-state index contributed by atoms with van der Waals surface area (Å²) in [6.45, 7) is -1.33. The van der Waals surface area contributed by atoms with Crippen molar-refractivity contribution in [2.75, 3.05) is 0 Å². The smallest absolute Gasteiger partial charge is 0.444 e. The maximum Gasteiger partial charge on any atom is 0.460 e. The zero-order valence-electron chi connectivity index (χ0n) is 36.4. The highest BCUT2D eigenvalue weighted by atomic mass is 28.3. The Morgan fingerprint density at radius 1 is 0.380 bits per heavy atom. The number of rotatable bonds is 24. The monoisotopic (exact) mass is 1270 g/mol. The van der Waals surface area contributed by atoms with E-state index in [0.29, 0.717) is 10.9 Å². The van der Waals surface area contributed by atoms with Gasteiger partial charge in [-0.05, 0) is 23.7 Å². The minimum absolute atomic E-state index is 0.0558. The van der Waals surface area contributed by atoms with Crippen molar-refractivity contribution in [3.63, 3.8) is 0 Å². The first-order valence-electron chi connectivity index (χ1n) is 19.5. The number of hydrogen-bond acceptors (Lipinski definition) is 3. The van der Waals surface area contributed by atoms with Gasteiger partial charge in [0.15, 0.2) is 0 Å². The molecule has 0 atom stereocenters. The number of carbonyl (C=O) groups excluding carboxylic acids is 1. The Morgan fingerprint density at radius 3 is 0.861 bits per heavy atom. The quantitative estimate of drug-likeness (QED) is 0.0777. The van der Waals surface area contributed by atoms with E-state index in [1.165, 1.54) is 0 Å². The van der Waals surface area contributed by atoms with E-state index in [0.717, 1.165) is 12.4 Å². The molecule has 0 amide bonds. The van der Waals surface area contributed by atoms with Crippen LogP contribution < -0.4 is 5.19 Å². The SMILES string of the molecule is O=C(OCc1ccc([Si](CCC(F)(F)C(F)(F)C(F)(F)C(F)(F)C(F)(F)C(F)(F)F)(CCC(F)(F)C(F)(F)C(F)(F)C(F)(F)C(F)(F)C(F)(F)F)CCC(F)(F)C(F)(F)C(F)(F)C(F)(F)C(F)(F)C(F)(F)F)cc1)n1ccnc1. The highest BCUT2D eigenvalue weighted by molar-refractivity contribution is 6.92. The molecule has 0 aliphatic carbocycles. The molecule has 0 unspecified atom stereocenters. The van der Waals surface area contributed by atoms with Gasteiger partial charge in [-0.1, -0.05) is 29.5 Å². The van der Waals surface area contributed by atoms with Crippen LogP contribution in [0.2, 0.25) is 18.1 Å². The predicted molar refractivity (Wildman–Crippen MR) is 180 cm³/mol. The molecule has 1 aromatic carbocycles. The number of aromatic nitrogens is 2. The van der Waals surface area contributed by atoms with E-state index in [1.807, 2.05) is 0 Å². The predicted octanol–water partition coefficient (Wildman–Crippen LogP) is 16.1. The Morgan fingerprint density at radius 2 is 0.633 bits per heavy atom. The average Bonchev–Trinajstić information content (AvgIpc) is 3.82. The Balaban J connectivity index is 3.17. The largest absolute Gasteiger partial charge is 0.460 e. The van der Waals surface area contributed by atoms with E-state index in [1.54, 1.807) is 0 Å². The third-order valence-corrected chi connectivity index (χ3v) is 16.6. The van der Waals surface area contributed by atoms with Gasteiger partial charge in [0, 0.05) is 31.7 Å². The summed E-state index contributed by atoms with van der Waals surface area (Å²) in [7, 11) is -7.21. The fourth-order valence-corrected chi connectivity index (χ4v) is 11.3. The lowest BCUT2D eigenvalue weighted by atomic mass is 9.93. The Labute approximate surface area is 410 Å². The molecule has 0 radical (unpaired) electrons. The summed E-state index contributed by atoms with van der Waals surface area (Å²) >= 11 is 0. The highest BCUT2D eigenvalue weighted by Crippen LogP contribution is 2.65. The van der Waals surface area contributed by atoms with Crippen molar-refractivity contribution in [3.8, 4) is 0 Å². The molecule has 0 saturated carbocycles. The molecule has 0 bridgehead atoms. The fraction of sp³-hybridized carbons (Fsp3) is 0.714. The molecule has 460 valence electrons. The van der Waals surface area contributed by atoms with Crippen molar-refractivity contribution in [2.24, 2.45) is 0 Å². The van der Waals surface area contributed by atoms with Crippen molar-refractivity contribution in [2.45, 2.75) is 151 Å². The maximum absolute atomic E-state index is 15.3. The molecule has 79 heavy (non-hydrogen) atoms. The summed E-state index contributed by atoms with van der Waals surface area (Å²) in [5, 5.41) is -1.99. The van der Waals surface area contributed by atoms with E-state index in [2.05, 4.69) is 9.72 Å². The Hall–Kier alpha value is -4.61. The van der Waals surface area contributed by atoms with E-state index in [-0.39, 0.29) is 24.3 Å². The van der Waals surface area contributed by atoms with Crippen LogP contribution in [0.15, 0.2) is 43.0 Å². The van der Waals surface area contributed by atoms with Crippen LogP contribution in [0.4, 0.5) is 176 Å². The third-order valence-electron chi connectivity index (χ3n) is 11.4. The van der Waals surface area contributed by atoms with Crippen molar-refractivity contribution in [3.05, 3.63) is 48.5 Å². The molecule has 0 aliphatic heterocycles. The molecule has 0 N–H and O–H groups in total. The van der Waals surface area contributed by atoms with Gasteiger partial charge in [0.1, 0.15) is 12.9 Å². The first kappa shape index (κ1) is 70.5. The summed E-state index contributed by atoms with van der Waals surface area (Å²) < 4.78 is 551. The average molecular weight is 1270 g/mol. The molecular weight excluding hydrogens is 1250 g/mol. The van der Waals surface area contributed by atoms with Crippen LogP contribution in [0.1, 0.15) is 24.8 Å². The fourth-order valence-electron chi connectivity index (χ4n) is 6.42. The molecule has 0 fully saturated rings. The summed E-state index contributed by atoms with van der Waals surface area (Å²) in [5.41, 5.74) is -0.821. The first-order valence-corrected chi connectivity index (χ1v) is 22.1. The Bertz CT molecular complexity index is 2210. The molecule has 2 aromatic rings. The number of imidazole rings is 1. The summed E-state index contributed by atoms with van der Waals surface area (Å²) in [6.07, 6.45) is -36.2. The van der Waals surface area contributed by atoms with Gasteiger partial charge in [0.25, 0.3) is 0 Å². The van der Waals surface area contributed by atoms with Gasteiger partial charge in [-0.3, -0.25) is 0 Å². The molecule has 1 aromatic heterocycles. The number of alkyl halides is 39. The van der Waals surface area contributed by atoms with Crippen LogP contribution in [0.5, 0.6) is 0 Å². The molecule has 2 rings (SSSR count). The van der Waals surface area contributed by atoms with Crippen LogP contribution in [-0.4, -0.2) is 131 Å². The highest BCUT2D eigenvalue weighted by Gasteiger charge is 2.93. The molecule has 44 heteroatoms. The van der Waals surface area contributed by atoms with Gasteiger partial charge >= 0.3 is 113 Å². The van der Waals surface area contributed by atoms with Crippen LogP contribution in [0.3, 0.4) is 0 Å². The van der Waals surface area contributed by atoms with Crippen LogP contribution in [-0.2, 0) is 11.3 Å². The lowest BCUT2D eigenvalue weighted by Gasteiger charge is -2.43. The second-order valence-electron chi connectivity index (χ2n) is 16.5. The summed E-state index contributed by atoms with van der Waals surface area (Å²) in [6, 6.07) is -10.6. The van der Waals surface area contributed by atoms with E-state index in [9.17, 15) is 150 Å². The lowest BCUT2D eigenvalue weighted by molar-refractivity contribution is -0.440. The number of hydrogen-bond donors (Lipinski definition) is 0. The second kappa shape index (κ2) is 20.4. The van der Waals surface area contributed by atoms with Crippen molar-refractivity contribution < 1.29 is 181 Å². The number of ether oxygens (including phenoxy) is 1. The standard InChI is InChI=1S/C35H21F39N2O2Si/c36-18(37,21(42,43)24(48,49)27(54,55)30(60,61)33(66,67)68)5-10-79(16-3-1-15(2-4-16)13-78-17(77)76-9-8-75-14-76,11-6-19(38,39)22(44,45)25(50,51)28(56,57)31(62,63)34(69,70)71)12-7-20(40,41)23(46,47)26(52,53)29(58,59)32(64,65)35(72,73)74/h1-4,8-9,14H,5-7,10-13H2. The molecule has 0 aliphatic rings. The van der Waals surface area contributed by atoms with Crippen LogP contribution >= 0.6 is 0 Å². The van der Waals surface area contributed by atoms with Gasteiger partial charge in [0.05, 0.1) is 8.07 Å². The first-order chi connectivity index (χ1) is 34.3. The zero-order valence-corrected chi connectivity index (χ0v) is 37.4. The lowest BCUT2D eigenvalue weighted by Crippen LogP contribution is -2.70. The zero-order chi connectivity index (χ0) is 63.1. The maximum atomic E-state index is 15.3. The topological polar surface area (TPSA) is 44.1 Å². The normalized spacial score (nSPS) is 15.9. The van der Waals surface area contributed by atoms with Gasteiger partial charge in [0.2, 0.25) is 0 Å². The molecule has 4 nitrogen and oxygen atoms in total. The van der Waals surface area contributed by atoms with Crippen molar-refractivity contribution in [1.82, 2.24) is 9.55 Å². The minimum Gasteiger partial charge on any atom is -0.444 e.